The zero-order chi connectivity index (χ0) is 24.4. The summed E-state index contributed by atoms with van der Waals surface area (Å²) in [5, 5.41) is 14.3. The highest BCUT2D eigenvalue weighted by Gasteiger charge is 2.18. The van der Waals surface area contributed by atoms with Gasteiger partial charge in [-0.1, -0.05) is 43.7 Å². The lowest BCUT2D eigenvalue weighted by molar-refractivity contribution is 0.604. The first-order valence-corrected chi connectivity index (χ1v) is 11.5. The van der Waals surface area contributed by atoms with Crippen molar-refractivity contribution in [3.63, 3.8) is 0 Å². The van der Waals surface area contributed by atoms with Crippen molar-refractivity contribution in [3.05, 3.63) is 88.6 Å². The van der Waals surface area contributed by atoms with Crippen LogP contribution in [-0.2, 0) is 20.0 Å². The number of aryl methyl sites for hydroxylation is 2. The second kappa shape index (κ2) is 9.49. The molecule has 5 aromatic rings. The Hall–Kier alpha value is -4.34. The van der Waals surface area contributed by atoms with Gasteiger partial charge in [0.1, 0.15) is 0 Å². The van der Waals surface area contributed by atoms with Crippen LogP contribution in [0.4, 0.5) is 4.39 Å². The third kappa shape index (κ3) is 4.30. The summed E-state index contributed by atoms with van der Waals surface area (Å²) in [4.78, 5) is 18.0. The Bertz CT molecular complexity index is 1480. The molecule has 0 saturated carbocycles. The second-order valence-corrected chi connectivity index (χ2v) is 8.39. The number of halogens is 1. The lowest BCUT2D eigenvalue weighted by Crippen LogP contribution is -2.26. The van der Waals surface area contributed by atoms with Gasteiger partial charge in [-0.3, -0.25) is 14.1 Å². The van der Waals surface area contributed by atoms with Gasteiger partial charge in [-0.25, -0.2) is 9.18 Å². The average Bonchev–Trinajstić information content (AvgIpc) is 3.60. The van der Waals surface area contributed by atoms with Gasteiger partial charge in [-0.15, -0.1) is 10.2 Å². The van der Waals surface area contributed by atoms with Crippen molar-refractivity contribution in [1.82, 2.24) is 39.3 Å². The van der Waals surface area contributed by atoms with Gasteiger partial charge < -0.3 is 4.57 Å². The molecule has 0 atom stereocenters. The van der Waals surface area contributed by atoms with Crippen molar-refractivity contribution in [3.8, 4) is 28.5 Å². The van der Waals surface area contributed by atoms with E-state index in [1.165, 1.54) is 10.6 Å². The molecule has 0 bridgehead atoms. The van der Waals surface area contributed by atoms with Crippen LogP contribution in [0, 0.1) is 5.82 Å². The van der Waals surface area contributed by atoms with E-state index in [0.717, 1.165) is 47.3 Å². The Labute approximate surface area is 200 Å². The third-order valence-corrected chi connectivity index (χ3v) is 6.02. The van der Waals surface area contributed by atoms with E-state index in [2.05, 4.69) is 32.5 Å². The van der Waals surface area contributed by atoms with E-state index in [1.54, 1.807) is 34.8 Å². The summed E-state index contributed by atoms with van der Waals surface area (Å²) in [6.45, 7) is 2.45. The summed E-state index contributed by atoms with van der Waals surface area (Å²) in [5.41, 5.74) is 3.92. The Morgan fingerprint density at radius 1 is 1.09 bits per heavy atom. The maximum atomic E-state index is 14.4. The molecule has 0 amide bonds. The first-order valence-electron chi connectivity index (χ1n) is 11.5. The second-order valence-electron chi connectivity index (χ2n) is 8.39. The fraction of sp³-hybridized carbons (Fsp3) is 0.240. The van der Waals surface area contributed by atoms with Crippen LogP contribution in [0.3, 0.4) is 0 Å². The predicted molar refractivity (Wildman–Crippen MR) is 130 cm³/mol. The number of nitrogens with one attached hydrogen (secondary N) is 1. The van der Waals surface area contributed by atoms with Gasteiger partial charge in [0.15, 0.2) is 11.6 Å². The molecule has 9 nitrogen and oxygen atoms in total. The minimum absolute atomic E-state index is 0.234. The Balaban J connectivity index is 1.48. The minimum Gasteiger partial charge on any atom is -0.335 e. The third-order valence-electron chi connectivity index (χ3n) is 6.02. The molecule has 1 aromatic carbocycles. The Kier molecular flexibility index (Phi) is 6.09. The van der Waals surface area contributed by atoms with Crippen LogP contribution < -0.4 is 5.69 Å². The van der Waals surface area contributed by atoms with E-state index >= 15 is 0 Å². The molecule has 5 rings (SSSR count). The largest absolute Gasteiger partial charge is 0.335 e. The highest BCUT2D eigenvalue weighted by Crippen LogP contribution is 2.28. The molecule has 0 aliphatic carbocycles. The van der Waals surface area contributed by atoms with Crippen LogP contribution in [0.1, 0.15) is 31.0 Å². The van der Waals surface area contributed by atoms with E-state index in [-0.39, 0.29) is 11.5 Å². The lowest BCUT2D eigenvalue weighted by Gasteiger charge is -2.09. The number of H-pyrrole nitrogens is 1. The minimum atomic E-state index is -0.430. The van der Waals surface area contributed by atoms with Gasteiger partial charge in [0.25, 0.3) is 0 Å². The first kappa shape index (κ1) is 22.5. The van der Waals surface area contributed by atoms with E-state index in [0.29, 0.717) is 12.4 Å². The summed E-state index contributed by atoms with van der Waals surface area (Å²) in [5.74, 6) is 0.297. The monoisotopic (exact) mass is 472 g/mol. The normalized spacial score (nSPS) is 11.3. The van der Waals surface area contributed by atoms with Crippen molar-refractivity contribution in [1.29, 1.82) is 0 Å². The molecule has 0 unspecified atom stereocenters. The summed E-state index contributed by atoms with van der Waals surface area (Å²) in [6.07, 6.45) is 7.78. The number of unbranched alkanes of at least 4 members (excludes halogenated alkanes) is 1. The number of aromatic amines is 1. The maximum absolute atomic E-state index is 14.4. The molecule has 4 heterocycles. The topological polar surface area (TPSA) is 99.2 Å². The van der Waals surface area contributed by atoms with E-state index in [1.807, 2.05) is 36.4 Å². The molecular formula is C25H25FN8O. The number of hydrogen-bond acceptors (Lipinski definition) is 5. The van der Waals surface area contributed by atoms with Gasteiger partial charge >= 0.3 is 5.69 Å². The van der Waals surface area contributed by atoms with E-state index in [9.17, 15) is 9.18 Å². The standard InChI is InChI=1S/C25H25FN8O/c1-3-4-7-18-16-34(24-21(26)12-13-32(24)2)25(35)33(18)15-17-10-11-22(27-14-17)19-8-5-6-9-20(19)23-28-30-31-29-23/h5-6,8-14,16H,3-4,7,15H2,1-2H3,(H,28,29,30,31). The first-order chi connectivity index (χ1) is 17.1. The number of tetrazole rings is 1. The summed E-state index contributed by atoms with van der Waals surface area (Å²) in [7, 11) is 1.73. The van der Waals surface area contributed by atoms with Crippen LogP contribution in [0.25, 0.3) is 28.5 Å². The van der Waals surface area contributed by atoms with Crippen LogP contribution in [0.15, 0.2) is 65.8 Å². The zero-order valence-corrected chi connectivity index (χ0v) is 19.5. The van der Waals surface area contributed by atoms with Crippen molar-refractivity contribution in [2.45, 2.75) is 32.7 Å². The highest BCUT2D eigenvalue weighted by molar-refractivity contribution is 5.78. The molecule has 35 heavy (non-hydrogen) atoms. The molecule has 0 aliphatic heterocycles. The zero-order valence-electron chi connectivity index (χ0n) is 19.5. The van der Waals surface area contributed by atoms with Crippen LogP contribution in [0.2, 0.25) is 0 Å². The SMILES string of the molecule is CCCCc1cn(-c2c(F)ccn2C)c(=O)n1Cc1ccc(-c2ccccc2-c2nn[nH]n2)nc1. The lowest BCUT2D eigenvalue weighted by atomic mass is 10.0. The number of nitrogens with zero attached hydrogens (tertiary/aromatic N) is 7. The van der Waals surface area contributed by atoms with E-state index < -0.39 is 5.82 Å². The smallest absolute Gasteiger partial charge is 0.334 e. The number of pyridine rings is 1. The molecule has 4 aromatic heterocycles. The van der Waals surface area contributed by atoms with Gasteiger partial charge in [-0.2, -0.15) is 5.21 Å². The number of imidazole rings is 1. The fourth-order valence-electron chi connectivity index (χ4n) is 4.22. The Morgan fingerprint density at radius 3 is 2.57 bits per heavy atom. The molecule has 0 spiro atoms. The average molecular weight is 473 g/mol. The van der Waals surface area contributed by atoms with Crippen LogP contribution in [-0.4, -0.2) is 39.3 Å². The predicted octanol–water partition coefficient (Wildman–Crippen LogP) is 3.75. The summed E-state index contributed by atoms with van der Waals surface area (Å²) < 4.78 is 19.1. The van der Waals surface area contributed by atoms with Gasteiger partial charge in [0.2, 0.25) is 5.82 Å². The molecule has 0 saturated heterocycles. The summed E-state index contributed by atoms with van der Waals surface area (Å²) >= 11 is 0. The van der Waals surface area contributed by atoms with Crippen molar-refractivity contribution >= 4 is 0 Å². The molecule has 1 N–H and O–H groups in total. The number of rotatable bonds is 8. The maximum Gasteiger partial charge on any atom is 0.334 e. The van der Waals surface area contributed by atoms with Crippen molar-refractivity contribution in [2.24, 2.45) is 7.05 Å². The number of hydrogen-bond donors (Lipinski definition) is 1. The molecule has 178 valence electrons. The fourth-order valence-corrected chi connectivity index (χ4v) is 4.22. The summed E-state index contributed by atoms with van der Waals surface area (Å²) in [6, 6.07) is 12.9. The number of aromatic nitrogens is 8. The highest BCUT2D eigenvalue weighted by atomic mass is 19.1. The Morgan fingerprint density at radius 2 is 1.91 bits per heavy atom. The van der Waals surface area contributed by atoms with E-state index in [4.69, 9.17) is 0 Å². The van der Waals surface area contributed by atoms with Crippen molar-refractivity contribution < 1.29 is 4.39 Å². The van der Waals surface area contributed by atoms with Gasteiger partial charge in [-0.05, 0) is 35.8 Å². The van der Waals surface area contributed by atoms with Crippen LogP contribution >= 0.6 is 0 Å². The molecule has 10 heteroatoms. The molecule has 0 radical (unpaired) electrons. The van der Waals surface area contributed by atoms with Crippen LogP contribution in [0.5, 0.6) is 0 Å². The molecular weight excluding hydrogens is 447 g/mol. The quantitative estimate of drug-likeness (QED) is 0.371. The number of benzene rings is 1. The molecule has 0 aliphatic rings. The molecule has 0 fully saturated rings. The van der Waals surface area contributed by atoms with Gasteiger partial charge in [0.05, 0.1) is 12.2 Å². The van der Waals surface area contributed by atoms with Crippen molar-refractivity contribution in [2.75, 3.05) is 0 Å². The van der Waals surface area contributed by atoms with Gasteiger partial charge in [0, 0.05) is 42.5 Å².